The molecule has 2 aliphatic heterocycles. The van der Waals surface area contributed by atoms with Crippen molar-refractivity contribution < 1.29 is 14.3 Å². The molecular weight excluding hydrogens is 410 g/mol. The zero-order valence-electron chi connectivity index (χ0n) is 18.5. The van der Waals surface area contributed by atoms with Crippen LogP contribution in [0.25, 0.3) is 0 Å². The van der Waals surface area contributed by atoms with Crippen LogP contribution in [0.5, 0.6) is 0 Å². The molecule has 0 saturated carbocycles. The van der Waals surface area contributed by atoms with Gasteiger partial charge in [-0.2, -0.15) is 0 Å². The average molecular weight is 442 g/mol. The lowest BCUT2D eigenvalue weighted by Crippen LogP contribution is -2.51. The molecule has 1 aromatic heterocycles. The number of nitrogens with zero attached hydrogens (tertiary/aromatic N) is 3. The Labute approximate surface area is 188 Å². The quantitative estimate of drug-likeness (QED) is 0.728. The van der Waals surface area contributed by atoms with E-state index in [1.165, 1.54) is 16.9 Å². The Bertz CT molecular complexity index is 911. The summed E-state index contributed by atoms with van der Waals surface area (Å²) in [4.78, 5) is 35.3. The van der Waals surface area contributed by atoms with Crippen LogP contribution in [0, 0.1) is 12.8 Å². The van der Waals surface area contributed by atoms with Crippen LogP contribution in [0.4, 0.5) is 0 Å². The lowest BCUT2D eigenvalue weighted by molar-refractivity contribution is -0.148. The molecule has 0 aliphatic carbocycles. The summed E-state index contributed by atoms with van der Waals surface area (Å²) in [6, 6.07) is 10.2. The molecule has 0 N–H and O–H groups in total. The fourth-order valence-corrected chi connectivity index (χ4v) is 5.65. The van der Waals surface area contributed by atoms with Gasteiger partial charge in [-0.3, -0.25) is 9.59 Å². The van der Waals surface area contributed by atoms with Gasteiger partial charge in [0, 0.05) is 38.5 Å². The Morgan fingerprint density at radius 2 is 1.71 bits per heavy atom. The normalized spacial score (nSPS) is 22.5. The van der Waals surface area contributed by atoms with E-state index in [0.29, 0.717) is 26.2 Å². The predicted octanol–water partition coefficient (Wildman–Crippen LogP) is 3.53. The first kappa shape index (κ1) is 22.0. The third kappa shape index (κ3) is 5.15. The molecule has 0 bridgehead atoms. The molecule has 4 rings (SSSR count). The van der Waals surface area contributed by atoms with E-state index < -0.39 is 0 Å². The Kier molecular flexibility index (Phi) is 6.72. The van der Waals surface area contributed by atoms with Crippen molar-refractivity contribution in [2.75, 3.05) is 26.2 Å². The number of piperidine rings is 1. The maximum atomic E-state index is 13.1. The van der Waals surface area contributed by atoms with Crippen LogP contribution in [0.1, 0.15) is 52.6 Å². The number of benzene rings is 1. The molecule has 0 spiro atoms. The first-order valence-corrected chi connectivity index (χ1v) is 12.0. The molecule has 6 nitrogen and oxygen atoms in total. The van der Waals surface area contributed by atoms with Gasteiger partial charge >= 0.3 is 0 Å². The van der Waals surface area contributed by atoms with Gasteiger partial charge in [-0.05, 0) is 39.2 Å². The number of aromatic nitrogens is 1. The van der Waals surface area contributed by atoms with Crippen molar-refractivity contribution in [1.29, 1.82) is 0 Å². The second kappa shape index (κ2) is 9.49. The van der Waals surface area contributed by atoms with Crippen LogP contribution in [-0.2, 0) is 16.0 Å². The number of ether oxygens (including phenoxy) is 1. The van der Waals surface area contributed by atoms with Gasteiger partial charge in [0.2, 0.25) is 5.91 Å². The molecule has 0 radical (unpaired) electrons. The number of carbonyl (C=O) groups excluding carboxylic acids is 2. The van der Waals surface area contributed by atoms with Gasteiger partial charge in [-0.15, -0.1) is 11.3 Å². The molecule has 3 heterocycles. The van der Waals surface area contributed by atoms with E-state index in [2.05, 4.69) is 17.1 Å². The number of likely N-dealkylation sites (tertiary alicyclic amines) is 1. The largest absolute Gasteiger partial charge is 0.372 e. The van der Waals surface area contributed by atoms with E-state index >= 15 is 0 Å². The monoisotopic (exact) mass is 441 g/mol. The Morgan fingerprint density at radius 1 is 1.06 bits per heavy atom. The maximum absolute atomic E-state index is 13.1. The minimum atomic E-state index is -0.00208. The van der Waals surface area contributed by atoms with Crippen molar-refractivity contribution in [3.05, 3.63) is 51.5 Å². The number of hydrogen-bond donors (Lipinski definition) is 0. The number of rotatable bonds is 4. The average Bonchev–Trinajstić information content (AvgIpc) is 3.12. The Hall–Kier alpha value is -2.25. The zero-order valence-corrected chi connectivity index (χ0v) is 19.4. The highest BCUT2D eigenvalue weighted by atomic mass is 32.1. The molecule has 2 fully saturated rings. The SMILES string of the molecule is Cc1nc(Cc2ccccc2)sc1C(=O)N1CCC(C(=O)N2CC(C)OC(C)C2)CC1. The van der Waals surface area contributed by atoms with E-state index in [1.54, 1.807) is 0 Å². The highest BCUT2D eigenvalue weighted by Crippen LogP contribution is 2.27. The summed E-state index contributed by atoms with van der Waals surface area (Å²) in [6.07, 6.45) is 2.34. The summed E-state index contributed by atoms with van der Waals surface area (Å²) in [7, 11) is 0. The number of hydrogen-bond acceptors (Lipinski definition) is 5. The number of aryl methyl sites for hydroxylation is 1. The first-order valence-electron chi connectivity index (χ1n) is 11.1. The van der Waals surface area contributed by atoms with Crippen LogP contribution in [-0.4, -0.2) is 65.0 Å². The Morgan fingerprint density at radius 3 is 2.35 bits per heavy atom. The molecule has 31 heavy (non-hydrogen) atoms. The fourth-order valence-electron chi connectivity index (χ4n) is 4.59. The van der Waals surface area contributed by atoms with Gasteiger partial charge in [-0.1, -0.05) is 30.3 Å². The highest BCUT2D eigenvalue weighted by Gasteiger charge is 2.34. The van der Waals surface area contributed by atoms with Crippen molar-refractivity contribution in [3.63, 3.8) is 0 Å². The molecule has 2 amide bonds. The molecule has 2 aliphatic rings. The van der Waals surface area contributed by atoms with Crippen molar-refractivity contribution >= 4 is 23.2 Å². The van der Waals surface area contributed by atoms with Crippen molar-refractivity contribution in [1.82, 2.24) is 14.8 Å². The molecular formula is C24H31N3O3S. The molecule has 2 aromatic rings. The summed E-state index contributed by atoms with van der Waals surface area (Å²) in [5.74, 6) is 0.264. The van der Waals surface area contributed by atoms with Crippen LogP contribution in [0.2, 0.25) is 0 Å². The van der Waals surface area contributed by atoms with Gasteiger partial charge in [0.25, 0.3) is 5.91 Å². The van der Waals surface area contributed by atoms with Gasteiger partial charge in [0.1, 0.15) is 4.88 Å². The maximum Gasteiger partial charge on any atom is 0.265 e. The number of carbonyl (C=O) groups is 2. The Balaban J connectivity index is 1.35. The van der Waals surface area contributed by atoms with Gasteiger partial charge < -0.3 is 14.5 Å². The lowest BCUT2D eigenvalue weighted by atomic mass is 9.94. The standard InChI is InChI=1S/C24H31N3O3S/c1-16-14-27(15-17(2)30-16)23(28)20-9-11-26(12-10-20)24(29)22-18(3)25-21(31-22)13-19-7-5-4-6-8-19/h4-8,16-17,20H,9-15H2,1-3H3. The summed E-state index contributed by atoms with van der Waals surface area (Å²) in [5, 5.41) is 0.965. The van der Waals surface area contributed by atoms with E-state index in [4.69, 9.17) is 4.74 Å². The third-order valence-corrected chi connectivity index (χ3v) is 7.24. The first-order chi connectivity index (χ1) is 14.9. The second-order valence-electron chi connectivity index (χ2n) is 8.75. The summed E-state index contributed by atoms with van der Waals surface area (Å²) >= 11 is 1.49. The summed E-state index contributed by atoms with van der Waals surface area (Å²) in [6.45, 7) is 8.50. The zero-order chi connectivity index (χ0) is 22.0. The van der Waals surface area contributed by atoms with E-state index in [1.807, 2.05) is 48.8 Å². The molecule has 2 saturated heterocycles. The van der Waals surface area contributed by atoms with Crippen LogP contribution < -0.4 is 0 Å². The molecule has 166 valence electrons. The van der Waals surface area contributed by atoms with Crippen molar-refractivity contribution in [2.45, 2.75) is 52.2 Å². The summed E-state index contributed by atoms with van der Waals surface area (Å²) < 4.78 is 5.75. The minimum absolute atomic E-state index is 0.00208. The number of amides is 2. The van der Waals surface area contributed by atoms with E-state index in [-0.39, 0.29) is 29.9 Å². The lowest BCUT2D eigenvalue weighted by Gasteiger charge is -2.39. The minimum Gasteiger partial charge on any atom is -0.372 e. The van der Waals surface area contributed by atoms with Gasteiger partial charge in [0.05, 0.1) is 22.9 Å². The second-order valence-corrected chi connectivity index (χ2v) is 9.84. The fraction of sp³-hybridized carbons (Fsp3) is 0.542. The van der Waals surface area contributed by atoms with Crippen molar-refractivity contribution in [2.24, 2.45) is 5.92 Å². The number of morpholine rings is 1. The predicted molar refractivity (Wildman–Crippen MR) is 121 cm³/mol. The van der Waals surface area contributed by atoms with Crippen LogP contribution in [0.15, 0.2) is 30.3 Å². The van der Waals surface area contributed by atoms with E-state index in [9.17, 15) is 9.59 Å². The van der Waals surface area contributed by atoms with Crippen molar-refractivity contribution in [3.8, 4) is 0 Å². The van der Waals surface area contributed by atoms with Crippen LogP contribution in [0.3, 0.4) is 0 Å². The van der Waals surface area contributed by atoms with Crippen LogP contribution >= 0.6 is 11.3 Å². The molecule has 2 atom stereocenters. The highest BCUT2D eigenvalue weighted by molar-refractivity contribution is 7.13. The smallest absolute Gasteiger partial charge is 0.265 e. The third-order valence-electron chi connectivity index (χ3n) is 6.10. The topological polar surface area (TPSA) is 62.7 Å². The van der Waals surface area contributed by atoms with Gasteiger partial charge in [0.15, 0.2) is 0 Å². The van der Waals surface area contributed by atoms with E-state index in [0.717, 1.165) is 34.8 Å². The molecule has 7 heteroatoms. The molecule has 2 unspecified atom stereocenters. The summed E-state index contributed by atoms with van der Waals surface area (Å²) in [5.41, 5.74) is 2.00. The molecule has 1 aromatic carbocycles. The number of thiazole rings is 1. The van der Waals surface area contributed by atoms with Gasteiger partial charge in [-0.25, -0.2) is 4.98 Å².